The topological polar surface area (TPSA) is 85.2 Å². The number of Topliss-reactive ketones (excluding diaryl/α,β-unsaturated/α-hetero) is 1. The van der Waals surface area contributed by atoms with Crippen molar-refractivity contribution >= 4 is 22.7 Å². The van der Waals surface area contributed by atoms with E-state index in [2.05, 4.69) is 17.1 Å². The van der Waals surface area contributed by atoms with Crippen molar-refractivity contribution in [2.24, 2.45) is 0 Å². The molecule has 0 unspecified atom stereocenters. The van der Waals surface area contributed by atoms with E-state index in [1.807, 2.05) is 48.5 Å². The van der Waals surface area contributed by atoms with E-state index >= 15 is 0 Å². The number of nitrogens with one attached hydrogen (secondary N) is 1. The molecule has 4 aromatic rings. The molecule has 2 aromatic heterocycles. The predicted molar refractivity (Wildman–Crippen MR) is 109 cm³/mol. The van der Waals surface area contributed by atoms with Crippen molar-refractivity contribution in [2.75, 3.05) is 6.61 Å². The van der Waals surface area contributed by atoms with Crippen LogP contribution >= 0.6 is 0 Å². The number of ether oxygens (including phenoxy) is 1. The number of carbonyl (C=O) groups is 2. The van der Waals surface area contributed by atoms with Crippen molar-refractivity contribution in [3.63, 3.8) is 0 Å². The monoisotopic (exact) mass is 388 g/mol. The summed E-state index contributed by atoms with van der Waals surface area (Å²) in [5.74, 6) is -0.556. The lowest BCUT2D eigenvalue weighted by Crippen LogP contribution is -2.15. The number of H-pyrrole nitrogens is 1. The first-order valence-corrected chi connectivity index (χ1v) is 9.41. The number of ketones is 1. The second kappa shape index (κ2) is 7.75. The van der Waals surface area contributed by atoms with Crippen LogP contribution < -0.4 is 0 Å². The molecule has 0 spiro atoms. The SMILES string of the molecule is CCc1cccc2c(C(=O)COC(=O)c3c(-c4ccccc4)noc3C)c[nH]c12. The van der Waals surface area contributed by atoms with Gasteiger partial charge in [0.2, 0.25) is 5.78 Å². The Hall–Kier alpha value is -3.67. The molecular weight excluding hydrogens is 368 g/mol. The molecule has 0 saturated carbocycles. The molecule has 0 atom stereocenters. The van der Waals surface area contributed by atoms with Gasteiger partial charge in [-0.05, 0) is 18.9 Å². The number of para-hydroxylation sites is 1. The average molecular weight is 388 g/mol. The Kier molecular flexibility index (Phi) is 4.99. The normalized spacial score (nSPS) is 11.0. The lowest BCUT2D eigenvalue weighted by atomic mass is 10.1. The summed E-state index contributed by atoms with van der Waals surface area (Å²) >= 11 is 0. The second-order valence-corrected chi connectivity index (χ2v) is 6.72. The molecule has 6 heteroatoms. The van der Waals surface area contributed by atoms with Crippen LogP contribution in [0.25, 0.3) is 22.2 Å². The fourth-order valence-corrected chi connectivity index (χ4v) is 3.43. The first-order valence-electron chi connectivity index (χ1n) is 9.41. The highest BCUT2D eigenvalue weighted by molar-refractivity contribution is 6.10. The largest absolute Gasteiger partial charge is 0.454 e. The lowest BCUT2D eigenvalue weighted by molar-refractivity contribution is 0.0474. The third-order valence-electron chi connectivity index (χ3n) is 4.93. The maximum absolute atomic E-state index is 12.7. The molecule has 0 fully saturated rings. The quantitative estimate of drug-likeness (QED) is 0.381. The van der Waals surface area contributed by atoms with Crippen LogP contribution in [0.15, 0.2) is 59.3 Å². The van der Waals surface area contributed by atoms with Crippen LogP contribution in [0.3, 0.4) is 0 Å². The minimum atomic E-state index is -0.634. The highest BCUT2D eigenvalue weighted by Gasteiger charge is 2.24. The number of aromatic amines is 1. The average Bonchev–Trinajstić information content (AvgIpc) is 3.36. The Morgan fingerprint density at radius 2 is 1.90 bits per heavy atom. The van der Waals surface area contributed by atoms with Gasteiger partial charge < -0.3 is 14.2 Å². The van der Waals surface area contributed by atoms with E-state index in [0.29, 0.717) is 17.0 Å². The van der Waals surface area contributed by atoms with Crippen molar-refractivity contribution in [1.82, 2.24) is 10.1 Å². The third kappa shape index (κ3) is 3.45. The summed E-state index contributed by atoms with van der Waals surface area (Å²) in [6, 6.07) is 15.1. The van der Waals surface area contributed by atoms with E-state index in [-0.39, 0.29) is 18.0 Å². The summed E-state index contributed by atoms with van der Waals surface area (Å²) in [7, 11) is 0. The smallest absolute Gasteiger partial charge is 0.344 e. The number of hydrogen-bond acceptors (Lipinski definition) is 5. The summed E-state index contributed by atoms with van der Waals surface area (Å²) in [5.41, 5.74) is 3.95. The Morgan fingerprint density at radius 1 is 1.10 bits per heavy atom. The fourth-order valence-electron chi connectivity index (χ4n) is 3.43. The van der Waals surface area contributed by atoms with E-state index in [1.54, 1.807) is 13.1 Å². The molecule has 2 heterocycles. The molecule has 0 aliphatic carbocycles. The number of benzene rings is 2. The summed E-state index contributed by atoms with van der Waals surface area (Å²) in [6.45, 7) is 3.34. The zero-order valence-electron chi connectivity index (χ0n) is 16.2. The van der Waals surface area contributed by atoms with Crippen molar-refractivity contribution in [1.29, 1.82) is 0 Å². The van der Waals surface area contributed by atoms with Gasteiger partial charge in [0.15, 0.2) is 6.61 Å². The van der Waals surface area contributed by atoms with Crippen LogP contribution in [0.4, 0.5) is 0 Å². The van der Waals surface area contributed by atoms with E-state index < -0.39 is 5.97 Å². The van der Waals surface area contributed by atoms with Gasteiger partial charge in [-0.1, -0.05) is 60.6 Å². The number of carbonyl (C=O) groups excluding carboxylic acids is 2. The van der Waals surface area contributed by atoms with E-state index in [4.69, 9.17) is 9.26 Å². The number of esters is 1. The van der Waals surface area contributed by atoms with Gasteiger partial charge in [-0.15, -0.1) is 0 Å². The molecule has 1 N–H and O–H groups in total. The Bertz CT molecular complexity index is 1190. The van der Waals surface area contributed by atoms with Gasteiger partial charge in [-0.25, -0.2) is 4.79 Å². The van der Waals surface area contributed by atoms with Gasteiger partial charge in [0.1, 0.15) is 17.0 Å². The molecule has 0 bridgehead atoms. The molecule has 4 rings (SSSR count). The Balaban J connectivity index is 1.54. The number of nitrogens with zero attached hydrogens (tertiary/aromatic N) is 1. The number of rotatable bonds is 6. The lowest BCUT2D eigenvalue weighted by Gasteiger charge is -2.05. The summed E-state index contributed by atoms with van der Waals surface area (Å²) in [6.07, 6.45) is 2.52. The first kappa shape index (κ1) is 18.7. The van der Waals surface area contributed by atoms with Gasteiger partial charge in [0, 0.05) is 28.2 Å². The van der Waals surface area contributed by atoms with Gasteiger partial charge in [-0.2, -0.15) is 0 Å². The van der Waals surface area contributed by atoms with Crippen LogP contribution in [-0.2, 0) is 11.2 Å². The van der Waals surface area contributed by atoms with Crippen molar-refractivity contribution in [3.05, 3.63) is 77.2 Å². The van der Waals surface area contributed by atoms with Gasteiger partial charge in [0.25, 0.3) is 0 Å². The fraction of sp³-hybridized carbons (Fsp3) is 0.174. The number of fused-ring (bicyclic) bond motifs is 1. The van der Waals surface area contributed by atoms with Crippen LogP contribution in [-0.4, -0.2) is 28.5 Å². The minimum Gasteiger partial charge on any atom is -0.454 e. The summed E-state index contributed by atoms with van der Waals surface area (Å²) in [4.78, 5) is 28.5. The van der Waals surface area contributed by atoms with Crippen molar-refractivity contribution < 1.29 is 18.8 Å². The minimum absolute atomic E-state index is 0.233. The molecule has 0 saturated heterocycles. The van der Waals surface area contributed by atoms with Crippen LogP contribution in [0, 0.1) is 6.92 Å². The van der Waals surface area contributed by atoms with Crippen molar-refractivity contribution in [2.45, 2.75) is 20.3 Å². The molecule has 29 heavy (non-hydrogen) atoms. The zero-order chi connectivity index (χ0) is 20.4. The summed E-state index contributed by atoms with van der Waals surface area (Å²) in [5, 5.41) is 4.81. The molecule has 0 aliphatic rings. The van der Waals surface area contributed by atoms with Gasteiger partial charge in [-0.3, -0.25) is 4.79 Å². The van der Waals surface area contributed by atoms with Gasteiger partial charge in [0.05, 0.1) is 0 Å². The van der Waals surface area contributed by atoms with Crippen molar-refractivity contribution in [3.8, 4) is 11.3 Å². The second-order valence-electron chi connectivity index (χ2n) is 6.72. The van der Waals surface area contributed by atoms with Crippen LogP contribution in [0.5, 0.6) is 0 Å². The molecule has 146 valence electrons. The molecule has 2 aromatic carbocycles. The molecule has 0 radical (unpaired) electrons. The van der Waals surface area contributed by atoms with Crippen LogP contribution in [0.2, 0.25) is 0 Å². The number of aromatic nitrogens is 2. The zero-order valence-corrected chi connectivity index (χ0v) is 16.2. The molecule has 0 aliphatic heterocycles. The van der Waals surface area contributed by atoms with Crippen LogP contribution in [0.1, 0.15) is 39.0 Å². The van der Waals surface area contributed by atoms with E-state index in [9.17, 15) is 9.59 Å². The maximum Gasteiger partial charge on any atom is 0.344 e. The standard InChI is InChI=1S/C23H20N2O4/c1-3-15-10-7-11-17-18(12-24-21(15)17)19(26)13-28-23(27)20-14(2)29-25-22(20)16-8-5-4-6-9-16/h4-12,24H,3,13H2,1-2H3. The number of hydrogen-bond donors (Lipinski definition) is 1. The number of aryl methyl sites for hydroxylation is 2. The highest BCUT2D eigenvalue weighted by Crippen LogP contribution is 2.26. The summed E-state index contributed by atoms with van der Waals surface area (Å²) < 4.78 is 10.5. The first-order chi connectivity index (χ1) is 14.1. The van der Waals surface area contributed by atoms with E-state index in [0.717, 1.165) is 28.5 Å². The molecule has 0 amide bonds. The molecular formula is C23H20N2O4. The molecule has 6 nitrogen and oxygen atoms in total. The highest BCUT2D eigenvalue weighted by atomic mass is 16.5. The van der Waals surface area contributed by atoms with E-state index in [1.165, 1.54) is 0 Å². The predicted octanol–water partition coefficient (Wildman–Crippen LogP) is 4.73. The Labute approximate surface area is 167 Å². The maximum atomic E-state index is 12.7. The van der Waals surface area contributed by atoms with Gasteiger partial charge >= 0.3 is 5.97 Å². The Morgan fingerprint density at radius 3 is 2.66 bits per heavy atom. The third-order valence-corrected chi connectivity index (χ3v) is 4.93.